The van der Waals surface area contributed by atoms with Gasteiger partial charge < -0.3 is 15.4 Å². The number of nitrogens with zero attached hydrogens (tertiary/aromatic N) is 1. The maximum Gasteiger partial charge on any atom is 0.308 e. The maximum absolute atomic E-state index is 14.1. The second-order valence-corrected chi connectivity index (χ2v) is 8.44. The van der Waals surface area contributed by atoms with Crippen LogP contribution < -0.4 is 10.6 Å². The lowest BCUT2D eigenvalue weighted by Gasteiger charge is -2.39. The van der Waals surface area contributed by atoms with Gasteiger partial charge >= 0.3 is 5.97 Å². The van der Waals surface area contributed by atoms with Crippen LogP contribution in [0, 0.1) is 5.82 Å². The molecule has 0 bridgehead atoms. The SMILES string of the molecule is CCOC(=O)CC1(NC(=O)C[C@@H]2C(=O)NCCN2Cc2ccccc2F)CCCCC1. The predicted molar refractivity (Wildman–Crippen MR) is 113 cm³/mol. The summed E-state index contributed by atoms with van der Waals surface area (Å²) < 4.78 is 19.2. The molecule has 7 nitrogen and oxygen atoms in total. The summed E-state index contributed by atoms with van der Waals surface area (Å²) in [4.78, 5) is 39.5. The normalized spacial score (nSPS) is 21.2. The molecule has 1 aromatic carbocycles. The highest BCUT2D eigenvalue weighted by Gasteiger charge is 2.38. The van der Waals surface area contributed by atoms with Crippen molar-refractivity contribution in [3.05, 3.63) is 35.6 Å². The van der Waals surface area contributed by atoms with Crippen LogP contribution in [0.1, 0.15) is 57.4 Å². The second-order valence-electron chi connectivity index (χ2n) is 8.44. The molecule has 2 N–H and O–H groups in total. The topological polar surface area (TPSA) is 87.7 Å². The third kappa shape index (κ3) is 6.26. The van der Waals surface area contributed by atoms with E-state index in [1.54, 1.807) is 25.1 Å². The van der Waals surface area contributed by atoms with Gasteiger partial charge in [0, 0.05) is 25.2 Å². The van der Waals surface area contributed by atoms with Crippen molar-refractivity contribution >= 4 is 17.8 Å². The van der Waals surface area contributed by atoms with Crippen LogP contribution in [0.4, 0.5) is 4.39 Å². The fraction of sp³-hybridized carbons (Fsp3) is 0.609. The van der Waals surface area contributed by atoms with Gasteiger partial charge in [0.25, 0.3) is 0 Å². The van der Waals surface area contributed by atoms with Crippen molar-refractivity contribution < 1.29 is 23.5 Å². The maximum atomic E-state index is 14.1. The molecule has 3 rings (SSSR count). The molecule has 2 aliphatic rings. The molecule has 2 amide bonds. The molecule has 31 heavy (non-hydrogen) atoms. The van der Waals surface area contributed by atoms with Crippen molar-refractivity contribution in [2.75, 3.05) is 19.7 Å². The van der Waals surface area contributed by atoms with E-state index < -0.39 is 11.6 Å². The summed E-state index contributed by atoms with van der Waals surface area (Å²) >= 11 is 0. The van der Waals surface area contributed by atoms with Crippen LogP contribution in [0.15, 0.2) is 24.3 Å². The molecule has 2 fully saturated rings. The molecule has 1 saturated carbocycles. The Morgan fingerprint density at radius 3 is 2.71 bits per heavy atom. The Kier molecular flexibility index (Phi) is 8.01. The van der Waals surface area contributed by atoms with Gasteiger partial charge in [-0.2, -0.15) is 0 Å². The van der Waals surface area contributed by atoms with E-state index in [4.69, 9.17) is 4.74 Å². The van der Waals surface area contributed by atoms with Crippen molar-refractivity contribution in [1.82, 2.24) is 15.5 Å². The smallest absolute Gasteiger partial charge is 0.308 e. The summed E-state index contributed by atoms with van der Waals surface area (Å²) in [6.45, 7) is 3.31. The summed E-state index contributed by atoms with van der Waals surface area (Å²) in [6.07, 6.45) is 4.47. The van der Waals surface area contributed by atoms with Crippen LogP contribution in [0.5, 0.6) is 0 Å². The molecule has 1 aromatic rings. The molecule has 1 atom stereocenters. The van der Waals surface area contributed by atoms with E-state index in [-0.39, 0.29) is 43.0 Å². The van der Waals surface area contributed by atoms with E-state index in [9.17, 15) is 18.8 Å². The standard InChI is InChI=1S/C23H32FN3O4/c1-2-31-21(29)15-23(10-6-3-7-11-23)26-20(28)14-19-22(30)25-12-13-27(19)16-17-8-4-5-9-18(17)24/h4-5,8-9,19H,2-3,6-7,10-16H2,1H3,(H,25,30)(H,26,28)/t19-/m1/s1. The first-order valence-electron chi connectivity index (χ1n) is 11.1. The van der Waals surface area contributed by atoms with Crippen molar-refractivity contribution in [3.63, 3.8) is 0 Å². The van der Waals surface area contributed by atoms with E-state index in [0.29, 0.717) is 38.1 Å². The minimum atomic E-state index is -0.684. The molecule has 1 saturated heterocycles. The number of esters is 1. The zero-order chi connectivity index (χ0) is 22.3. The van der Waals surface area contributed by atoms with Crippen LogP contribution in [0.25, 0.3) is 0 Å². The van der Waals surface area contributed by atoms with Crippen molar-refractivity contribution in [2.24, 2.45) is 0 Å². The van der Waals surface area contributed by atoms with Gasteiger partial charge in [-0.3, -0.25) is 19.3 Å². The highest BCUT2D eigenvalue weighted by molar-refractivity contribution is 5.89. The Balaban J connectivity index is 1.68. The number of piperazine rings is 1. The van der Waals surface area contributed by atoms with E-state index in [0.717, 1.165) is 19.3 Å². The Labute approximate surface area is 182 Å². The lowest BCUT2D eigenvalue weighted by atomic mass is 9.79. The number of halogens is 1. The summed E-state index contributed by atoms with van der Waals surface area (Å²) in [7, 11) is 0. The number of carbonyl (C=O) groups is 3. The average Bonchev–Trinajstić information content (AvgIpc) is 2.73. The fourth-order valence-electron chi connectivity index (χ4n) is 4.60. The number of benzene rings is 1. The van der Waals surface area contributed by atoms with Crippen LogP contribution in [-0.4, -0.2) is 54.0 Å². The summed E-state index contributed by atoms with van der Waals surface area (Å²) in [5.74, 6) is -1.15. The quantitative estimate of drug-likeness (QED) is 0.614. The predicted octanol–water partition coefficient (Wildman–Crippen LogP) is 2.29. The third-order valence-corrected chi connectivity index (χ3v) is 6.15. The minimum absolute atomic E-state index is 0.0368. The number of rotatable bonds is 8. The van der Waals surface area contributed by atoms with Crippen molar-refractivity contribution in [1.29, 1.82) is 0 Å². The Bertz CT molecular complexity index is 795. The summed E-state index contributed by atoms with van der Waals surface area (Å²) in [6, 6.07) is 5.78. The van der Waals surface area contributed by atoms with Crippen LogP contribution in [0.3, 0.4) is 0 Å². The van der Waals surface area contributed by atoms with Gasteiger partial charge in [-0.05, 0) is 25.8 Å². The number of amides is 2. The monoisotopic (exact) mass is 433 g/mol. The molecule has 0 radical (unpaired) electrons. The first kappa shape index (κ1) is 23.2. The Hall–Kier alpha value is -2.48. The molecular weight excluding hydrogens is 401 g/mol. The van der Waals surface area contributed by atoms with E-state index >= 15 is 0 Å². The third-order valence-electron chi connectivity index (χ3n) is 6.15. The Morgan fingerprint density at radius 1 is 1.26 bits per heavy atom. The van der Waals surface area contributed by atoms with Gasteiger partial charge in [-0.15, -0.1) is 0 Å². The highest BCUT2D eigenvalue weighted by Crippen LogP contribution is 2.32. The highest BCUT2D eigenvalue weighted by atomic mass is 19.1. The molecule has 8 heteroatoms. The molecule has 170 valence electrons. The van der Waals surface area contributed by atoms with E-state index in [2.05, 4.69) is 10.6 Å². The largest absolute Gasteiger partial charge is 0.466 e. The van der Waals surface area contributed by atoms with Crippen molar-refractivity contribution in [3.8, 4) is 0 Å². The van der Waals surface area contributed by atoms with Gasteiger partial charge in [0.05, 0.1) is 31.0 Å². The van der Waals surface area contributed by atoms with Gasteiger partial charge in [0.2, 0.25) is 11.8 Å². The van der Waals surface area contributed by atoms with Crippen LogP contribution in [-0.2, 0) is 25.7 Å². The average molecular weight is 434 g/mol. The van der Waals surface area contributed by atoms with E-state index in [1.165, 1.54) is 6.07 Å². The number of ether oxygens (including phenoxy) is 1. The molecule has 1 aliphatic heterocycles. The van der Waals surface area contributed by atoms with Crippen molar-refractivity contribution in [2.45, 2.75) is 70.0 Å². The fourth-order valence-corrected chi connectivity index (χ4v) is 4.60. The molecule has 0 aromatic heterocycles. The molecule has 0 unspecified atom stereocenters. The molecule has 1 aliphatic carbocycles. The van der Waals surface area contributed by atoms with Crippen LogP contribution >= 0.6 is 0 Å². The summed E-state index contributed by atoms with van der Waals surface area (Å²) in [5.41, 5.74) is -0.128. The van der Waals surface area contributed by atoms with Gasteiger partial charge in [-0.25, -0.2) is 4.39 Å². The lowest BCUT2D eigenvalue weighted by Crippen LogP contribution is -2.58. The van der Waals surface area contributed by atoms with Gasteiger partial charge in [-0.1, -0.05) is 37.5 Å². The zero-order valence-corrected chi connectivity index (χ0v) is 18.1. The number of nitrogens with one attached hydrogen (secondary N) is 2. The van der Waals surface area contributed by atoms with Crippen LogP contribution in [0.2, 0.25) is 0 Å². The van der Waals surface area contributed by atoms with Gasteiger partial charge in [0.1, 0.15) is 5.82 Å². The van der Waals surface area contributed by atoms with E-state index in [1.807, 2.05) is 4.90 Å². The number of carbonyl (C=O) groups excluding carboxylic acids is 3. The summed E-state index contributed by atoms with van der Waals surface area (Å²) in [5, 5.41) is 5.87. The Morgan fingerprint density at radius 2 is 2.00 bits per heavy atom. The minimum Gasteiger partial charge on any atom is -0.466 e. The molecular formula is C23H32FN3O4. The molecule has 1 heterocycles. The first-order valence-corrected chi connectivity index (χ1v) is 11.1. The number of hydrogen-bond acceptors (Lipinski definition) is 5. The first-order chi connectivity index (χ1) is 14.9. The second kappa shape index (κ2) is 10.7. The van der Waals surface area contributed by atoms with Gasteiger partial charge in [0.15, 0.2) is 0 Å². The number of hydrogen-bond donors (Lipinski definition) is 2. The zero-order valence-electron chi connectivity index (χ0n) is 18.1. The molecule has 0 spiro atoms. The lowest BCUT2D eigenvalue weighted by molar-refractivity contribution is -0.146.